The summed E-state index contributed by atoms with van der Waals surface area (Å²) < 4.78 is 17.1. The highest BCUT2D eigenvalue weighted by Gasteiger charge is 2.15. The Bertz CT molecular complexity index is 1220. The van der Waals surface area contributed by atoms with Crippen molar-refractivity contribution in [3.05, 3.63) is 86.3 Å². The van der Waals surface area contributed by atoms with Crippen molar-refractivity contribution in [2.45, 2.75) is 13.8 Å². The molecule has 3 aromatic carbocycles. The van der Waals surface area contributed by atoms with Gasteiger partial charge in [-0.05, 0) is 82.9 Å². The summed E-state index contributed by atoms with van der Waals surface area (Å²) >= 11 is 9.50. The molecule has 0 atom stereocenters. The number of hydrogen-bond donors (Lipinski definition) is 1. The van der Waals surface area contributed by atoms with Gasteiger partial charge in [0.1, 0.15) is 5.75 Å². The third kappa shape index (κ3) is 6.59. The highest BCUT2D eigenvalue weighted by molar-refractivity contribution is 9.10. The Labute approximate surface area is 210 Å². The summed E-state index contributed by atoms with van der Waals surface area (Å²) in [7, 11) is 1.45. The van der Waals surface area contributed by atoms with Crippen molar-refractivity contribution < 1.29 is 23.8 Å². The van der Waals surface area contributed by atoms with E-state index in [1.165, 1.54) is 13.3 Å². The van der Waals surface area contributed by atoms with Crippen LogP contribution in [0.4, 0.5) is 0 Å². The summed E-state index contributed by atoms with van der Waals surface area (Å²) in [6.45, 7) is 3.69. The predicted octanol–water partition coefficient (Wildman–Crippen LogP) is 5.48. The van der Waals surface area contributed by atoms with Gasteiger partial charge in [0.25, 0.3) is 5.91 Å². The van der Waals surface area contributed by atoms with Crippen LogP contribution in [0.1, 0.15) is 27.0 Å². The second kappa shape index (κ2) is 11.7. The molecule has 0 bridgehead atoms. The van der Waals surface area contributed by atoms with Gasteiger partial charge in [-0.1, -0.05) is 29.8 Å². The molecule has 0 saturated heterocycles. The van der Waals surface area contributed by atoms with E-state index in [9.17, 15) is 9.59 Å². The molecule has 3 rings (SSSR count). The fourth-order valence-corrected chi connectivity index (χ4v) is 4.07. The summed E-state index contributed by atoms with van der Waals surface area (Å²) in [6, 6.07) is 15.3. The van der Waals surface area contributed by atoms with Crippen molar-refractivity contribution >= 4 is 45.6 Å². The predicted molar refractivity (Wildman–Crippen MR) is 134 cm³/mol. The number of benzene rings is 3. The maximum Gasteiger partial charge on any atom is 0.345 e. The third-order valence-corrected chi connectivity index (χ3v) is 5.53. The van der Waals surface area contributed by atoms with Crippen LogP contribution in [0.3, 0.4) is 0 Å². The number of nitrogens with one attached hydrogen (secondary N) is 1. The molecule has 0 unspecified atom stereocenters. The number of esters is 1. The number of nitrogens with zero attached hydrogens (tertiary/aromatic N) is 1. The molecule has 34 heavy (non-hydrogen) atoms. The number of rotatable bonds is 8. The van der Waals surface area contributed by atoms with Crippen LogP contribution in [0.15, 0.2) is 64.2 Å². The molecule has 0 aliphatic carbocycles. The summed E-state index contributed by atoms with van der Waals surface area (Å²) in [6.07, 6.45) is 1.44. The summed E-state index contributed by atoms with van der Waals surface area (Å²) in [5.74, 6) is 0.129. The third-order valence-electron chi connectivity index (χ3n) is 4.61. The standard InChI is InChI=1S/C25H22BrClN2O5/c1-15-10-16(2)24(19(26)11-15)33-14-23(30)29-28-13-17-8-9-21(22(12-17)32-3)34-25(31)18-6-4-5-7-20(18)27/h4-13H,14H2,1-3H3,(H,29,30). The Morgan fingerprint density at radius 2 is 1.85 bits per heavy atom. The number of hydrazone groups is 1. The van der Waals surface area contributed by atoms with Gasteiger partial charge in [-0.15, -0.1) is 0 Å². The Hall–Kier alpha value is -3.36. The Kier molecular flexibility index (Phi) is 8.67. The molecule has 0 aliphatic heterocycles. The average Bonchev–Trinajstić information content (AvgIpc) is 2.79. The van der Waals surface area contributed by atoms with Crippen molar-refractivity contribution in [1.29, 1.82) is 0 Å². The minimum atomic E-state index is -0.604. The lowest BCUT2D eigenvalue weighted by atomic mass is 10.1. The number of carbonyl (C=O) groups is 2. The molecule has 0 spiro atoms. The molecule has 0 aromatic heterocycles. The van der Waals surface area contributed by atoms with Gasteiger partial charge < -0.3 is 14.2 Å². The summed E-state index contributed by atoms with van der Waals surface area (Å²) in [4.78, 5) is 24.5. The lowest BCUT2D eigenvalue weighted by Gasteiger charge is -2.11. The number of aryl methyl sites for hydroxylation is 2. The van der Waals surface area contributed by atoms with Crippen LogP contribution in [0.2, 0.25) is 5.02 Å². The zero-order chi connectivity index (χ0) is 24.7. The smallest absolute Gasteiger partial charge is 0.345 e. The number of halogens is 2. The first-order chi connectivity index (χ1) is 16.3. The quantitative estimate of drug-likeness (QED) is 0.175. The molecule has 0 radical (unpaired) electrons. The van der Waals surface area contributed by atoms with E-state index < -0.39 is 11.9 Å². The first-order valence-corrected chi connectivity index (χ1v) is 11.3. The molecule has 1 N–H and O–H groups in total. The van der Waals surface area contributed by atoms with E-state index in [2.05, 4.69) is 26.5 Å². The average molecular weight is 546 g/mol. The molecule has 0 heterocycles. The lowest BCUT2D eigenvalue weighted by Crippen LogP contribution is -2.24. The molecular formula is C25H22BrClN2O5. The first-order valence-electron chi connectivity index (χ1n) is 10.1. The minimum absolute atomic E-state index is 0.194. The Morgan fingerprint density at radius 3 is 2.56 bits per heavy atom. The molecule has 176 valence electrons. The van der Waals surface area contributed by atoms with Crippen molar-refractivity contribution in [3.8, 4) is 17.2 Å². The second-order valence-electron chi connectivity index (χ2n) is 7.25. The molecule has 0 aliphatic rings. The minimum Gasteiger partial charge on any atom is -0.493 e. The maximum atomic E-state index is 12.4. The molecule has 0 fully saturated rings. The zero-order valence-corrected chi connectivity index (χ0v) is 21.1. The number of ether oxygens (including phenoxy) is 3. The van der Waals surface area contributed by atoms with E-state index in [1.807, 2.05) is 26.0 Å². The Balaban J connectivity index is 1.59. The summed E-state index contributed by atoms with van der Waals surface area (Å²) in [5.41, 5.74) is 5.29. The molecule has 9 heteroatoms. The van der Waals surface area contributed by atoms with Gasteiger partial charge in [-0.25, -0.2) is 10.2 Å². The van der Waals surface area contributed by atoms with Gasteiger partial charge in [-0.3, -0.25) is 4.79 Å². The van der Waals surface area contributed by atoms with Crippen LogP contribution in [-0.4, -0.2) is 31.8 Å². The largest absolute Gasteiger partial charge is 0.493 e. The van der Waals surface area contributed by atoms with Crippen molar-refractivity contribution in [2.75, 3.05) is 13.7 Å². The van der Waals surface area contributed by atoms with Gasteiger partial charge in [0, 0.05) is 0 Å². The highest BCUT2D eigenvalue weighted by atomic mass is 79.9. The molecule has 7 nitrogen and oxygen atoms in total. The highest BCUT2D eigenvalue weighted by Crippen LogP contribution is 2.30. The van der Waals surface area contributed by atoms with Crippen molar-refractivity contribution in [1.82, 2.24) is 5.43 Å². The first kappa shape index (κ1) is 25.3. The van der Waals surface area contributed by atoms with Gasteiger partial charge in [0.05, 0.1) is 28.4 Å². The van der Waals surface area contributed by atoms with E-state index in [4.69, 9.17) is 25.8 Å². The van der Waals surface area contributed by atoms with Crippen LogP contribution in [0.25, 0.3) is 0 Å². The SMILES string of the molecule is COc1cc(C=NNC(=O)COc2c(C)cc(C)cc2Br)ccc1OC(=O)c1ccccc1Cl. The monoisotopic (exact) mass is 544 g/mol. The number of hydrogen-bond acceptors (Lipinski definition) is 6. The van der Waals surface area contributed by atoms with E-state index in [-0.39, 0.29) is 17.9 Å². The number of carbonyl (C=O) groups excluding carboxylic acids is 2. The van der Waals surface area contributed by atoms with E-state index in [1.54, 1.807) is 42.5 Å². The second-order valence-corrected chi connectivity index (χ2v) is 8.52. The Morgan fingerprint density at radius 1 is 1.09 bits per heavy atom. The normalized spacial score (nSPS) is 10.7. The maximum absolute atomic E-state index is 12.4. The van der Waals surface area contributed by atoms with Crippen molar-refractivity contribution in [2.24, 2.45) is 5.10 Å². The van der Waals surface area contributed by atoms with Crippen LogP contribution in [0.5, 0.6) is 17.2 Å². The fourth-order valence-electron chi connectivity index (χ4n) is 3.06. The molecular weight excluding hydrogens is 524 g/mol. The van der Waals surface area contributed by atoms with Gasteiger partial charge >= 0.3 is 5.97 Å². The van der Waals surface area contributed by atoms with Crippen LogP contribution in [0, 0.1) is 13.8 Å². The van der Waals surface area contributed by atoms with Crippen molar-refractivity contribution in [3.63, 3.8) is 0 Å². The van der Waals surface area contributed by atoms with Crippen LogP contribution >= 0.6 is 27.5 Å². The molecule has 3 aromatic rings. The van der Waals surface area contributed by atoms with E-state index in [0.717, 1.165) is 15.6 Å². The van der Waals surface area contributed by atoms with E-state index in [0.29, 0.717) is 22.1 Å². The van der Waals surface area contributed by atoms with E-state index >= 15 is 0 Å². The zero-order valence-electron chi connectivity index (χ0n) is 18.7. The number of amides is 1. The lowest BCUT2D eigenvalue weighted by molar-refractivity contribution is -0.123. The van der Waals surface area contributed by atoms with Gasteiger partial charge in [0.15, 0.2) is 18.1 Å². The van der Waals surface area contributed by atoms with Gasteiger partial charge in [0.2, 0.25) is 0 Å². The van der Waals surface area contributed by atoms with Crippen LogP contribution < -0.4 is 19.6 Å². The number of methoxy groups -OCH3 is 1. The van der Waals surface area contributed by atoms with Crippen LogP contribution in [-0.2, 0) is 4.79 Å². The molecule has 1 amide bonds. The summed E-state index contributed by atoms with van der Waals surface area (Å²) in [5, 5.41) is 4.23. The fraction of sp³-hybridized carbons (Fsp3) is 0.160. The topological polar surface area (TPSA) is 86.2 Å². The molecule has 0 saturated carbocycles. The van der Waals surface area contributed by atoms with Gasteiger partial charge in [-0.2, -0.15) is 5.10 Å².